The largest absolute Gasteiger partial charge is 0.467 e. The molecule has 0 radical (unpaired) electrons. The maximum atomic E-state index is 12.1. The predicted molar refractivity (Wildman–Crippen MR) is 72.6 cm³/mol. The number of carbonyl (C=O) groups is 3. The van der Waals surface area contributed by atoms with Crippen LogP contribution in [0.25, 0.3) is 0 Å². The first-order valence-electron chi connectivity index (χ1n) is 6.63. The second-order valence-corrected chi connectivity index (χ2v) is 5.05. The van der Waals surface area contributed by atoms with Gasteiger partial charge in [0.2, 0.25) is 0 Å². The number of amides is 3. The molecule has 1 aromatic heterocycles. The quantitative estimate of drug-likeness (QED) is 0.335. The van der Waals surface area contributed by atoms with Crippen molar-refractivity contribution in [2.75, 3.05) is 13.1 Å². The summed E-state index contributed by atoms with van der Waals surface area (Å²) in [7, 11) is 0. The summed E-state index contributed by atoms with van der Waals surface area (Å²) in [5.41, 5.74) is 2.26. The Balaban J connectivity index is 2.12. The van der Waals surface area contributed by atoms with Crippen LogP contribution >= 0.6 is 0 Å². The zero-order valence-corrected chi connectivity index (χ0v) is 12.0. The Morgan fingerprint density at radius 3 is 2.71 bits per heavy atom. The minimum Gasteiger partial charge on any atom is -0.467 e. The molecule has 8 heteroatoms. The van der Waals surface area contributed by atoms with Gasteiger partial charge in [-0.3, -0.25) is 19.8 Å². The van der Waals surface area contributed by atoms with E-state index in [4.69, 9.17) is 10.3 Å². The molecule has 0 spiro atoms. The Labute approximate surface area is 121 Å². The maximum absolute atomic E-state index is 12.1. The van der Waals surface area contributed by atoms with E-state index in [2.05, 4.69) is 0 Å². The summed E-state index contributed by atoms with van der Waals surface area (Å²) >= 11 is 0. The fourth-order valence-corrected chi connectivity index (χ4v) is 2.25. The molecule has 8 nitrogen and oxygen atoms in total. The van der Waals surface area contributed by atoms with Crippen LogP contribution in [-0.4, -0.2) is 46.7 Å². The summed E-state index contributed by atoms with van der Waals surface area (Å²) in [5.74, 6) is 3.76. The van der Waals surface area contributed by atoms with Crippen LogP contribution in [0.15, 0.2) is 16.7 Å². The number of furan rings is 1. The first-order valence-corrected chi connectivity index (χ1v) is 6.63. The number of hydrogen-bond acceptors (Lipinski definition) is 5. The van der Waals surface area contributed by atoms with Crippen molar-refractivity contribution in [3.63, 3.8) is 0 Å². The molecule has 21 heavy (non-hydrogen) atoms. The number of carbonyl (C=O) groups excluding carboxylic acids is 3. The van der Waals surface area contributed by atoms with E-state index >= 15 is 0 Å². The van der Waals surface area contributed by atoms with Gasteiger partial charge in [-0.25, -0.2) is 5.84 Å². The lowest BCUT2D eigenvalue weighted by molar-refractivity contribution is -0.157. The Morgan fingerprint density at radius 1 is 1.38 bits per heavy atom. The smallest absolute Gasteiger partial charge is 0.312 e. The molecule has 2 rings (SSSR count). The van der Waals surface area contributed by atoms with Gasteiger partial charge < -0.3 is 14.2 Å². The van der Waals surface area contributed by atoms with Crippen LogP contribution in [0.2, 0.25) is 0 Å². The van der Waals surface area contributed by atoms with Gasteiger partial charge >= 0.3 is 11.8 Å². The van der Waals surface area contributed by atoms with Gasteiger partial charge in [0.15, 0.2) is 0 Å². The highest BCUT2D eigenvalue weighted by Crippen LogP contribution is 2.16. The Kier molecular flexibility index (Phi) is 4.27. The maximum Gasteiger partial charge on any atom is 0.312 e. The lowest BCUT2D eigenvalue weighted by atomic mass is 10.2. The van der Waals surface area contributed by atoms with Crippen molar-refractivity contribution in [1.82, 2.24) is 15.2 Å². The number of nitrogens with zero attached hydrogens (tertiary/aromatic N) is 2. The molecule has 0 aromatic carbocycles. The van der Waals surface area contributed by atoms with Crippen molar-refractivity contribution >= 4 is 17.7 Å². The Hall–Kier alpha value is -2.35. The number of piperazine rings is 1. The highest BCUT2D eigenvalue weighted by molar-refractivity contribution is 6.35. The zero-order valence-electron chi connectivity index (χ0n) is 12.0. The predicted octanol–water partition coefficient (Wildman–Crippen LogP) is -0.538. The average Bonchev–Trinajstić information content (AvgIpc) is 2.91. The molecular formula is C13H18N4O4. The summed E-state index contributed by atoms with van der Waals surface area (Å²) in [6, 6.07) is 1.44. The van der Waals surface area contributed by atoms with Crippen molar-refractivity contribution in [1.29, 1.82) is 0 Å². The van der Waals surface area contributed by atoms with E-state index in [-0.39, 0.29) is 18.2 Å². The fourth-order valence-electron chi connectivity index (χ4n) is 2.25. The number of hydrogen-bond donors (Lipinski definition) is 2. The van der Waals surface area contributed by atoms with Crippen LogP contribution in [0.5, 0.6) is 0 Å². The van der Waals surface area contributed by atoms with Crippen LogP contribution in [0.4, 0.5) is 0 Å². The van der Waals surface area contributed by atoms with E-state index in [0.29, 0.717) is 18.8 Å². The third kappa shape index (κ3) is 2.89. The van der Waals surface area contributed by atoms with Gasteiger partial charge in [0.25, 0.3) is 5.91 Å². The molecule has 1 saturated heterocycles. The molecule has 2 heterocycles. The third-order valence-electron chi connectivity index (χ3n) is 3.42. The second kappa shape index (κ2) is 5.96. The standard InChI is InChI=1S/C13H18N4O4/c1-8(2)17-5-4-16(12(19)13(17)20)7-10-9(3-6-21-10)11(18)15-14/h3,6,8H,4-5,7,14H2,1-2H3,(H,15,18). The SMILES string of the molecule is CC(C)N1CCN(Cc2occc2C(=O)NN)C(=O)C1=O. The van der Waals surface area contributed by atoms with Gasteiger partial charge in [-0.15, -0.1) is 0 Å². The summed E-state index contributed by atoms with van der Waals surface area (Å²) in [6.45, 7) is 4.63. The first kappa shape index (κ1) is 15.0. The topological polar surface area (TPSA) is 109 Å². The van der Waals surface area contributed by atoms with E-state index in [1.165, 1.54) is 22.1 Å². The summed E-state index contributed by atoms with van der Waals surface area (Å²) in [4.78, 5) is 38.5. The molecule has 0 bridgehead atoms. The normalized spacial score (nSPS) is 15.8. The molecule has 1 aliphatic heterocycles. The number of hydrazine groups is 1. The van der Waals surface area contributed by atoms with Crippen molar-refractivity contribution in [2.45, 2.75) is 26.4 Å². The lowest BCUT2D eigenvalue weighted by Gasteiger charge is -2.35. The number of nitrogens with one attached hydrogen (secondary N) is 1. The second-order valence-electron chi connectivity index (χ2n) is 5.05. The highest BCUT2D eigenvalue weighted by atomic mass is 16.3. The van der Waals surface area contributed by atoms with Crippen LogP contribution in [-0.2, 0) is 16.1 Å². The molecule has 0 aliphatic carbocycles. The molecular weight excluding hydrogens is 276 g/mol. The molecule has 0 unspecified atom stereocenters. The van der Waals surface area contributed by atoms with Crippen molar-refractivity contribution in [3.05, 3.63) is 23.7 Å². The van der Waals surface area contributed by atoms with E-state index in [1.54, 1.807) is 0 Å². The summed E-state index contributed by atoms with van der Waals surface area (Å²) < 4.78 is 5.21. The van der Waals surface area contributed by atoms with E-state index in [0.717, 1.165) is 0 Å². The Morgan fingerprint density at radius 2 is 2.10 bits per heavy atom. The molecule has 114 valence electrons. The van der Waals surface area contributed by atoms with Crippen molar-refractivity contribution in [3.8, 4) is 0 Å². The van der Waals surface area contributed by atoms with Crippen LogP contribution in [0, 0.1) is 0 Å². The summed E-state index contributed by atoms with van der Waals surface area (Å²) in [6.07, 6.45) is 1.34. The highest BCUT2D eigenvalue weighted by Gasteiger charge is 2.34. The first-order chi connectivity index (χ1) is 9.95. The van der Waals surface area contributed by atoms with E-state index in [1.807, 2.05) is 19.3 Å². The van der Waals surface area contributed by atoms with Crippen LogP contribution < -0.4 is 11.3 Å². The number of rotatable bonds is 4. The average molecular weight is 294 g/mol. The molecule has 1 aliphatic rings. The fraction of sp³-hybridized carbons (Fsp3) is 0.462. The van der Waals surface area contributed by atoms with E-state index < -0.39 is 17.7 Å². The van der Waals surface area contributed by atoms with Crippen LogP contribution in [0.3, 0.4) is 0 Å². The molecule has 1 aromatic rings. The zero-order chi connectivity index (χ0) is 15.6. The molecule has 0 saturated carbocycles. The molecule has 1 fully saturated rings. The Bertz CT molecular complexity index is 566. The summed E-state index contributed by atoms with van der Waals surface area (Å²) in [5, 5.41) is 0. The minimum absolute atomic E-state index is 0.0224. The number of nitrogens with two attached hydrogens (primary N) is 1. The lowest BCUT2D eigenvalue weighted by Crippen LogP contribution is -2.55. The third-order valence-corrected chi connectivity index (χ3v) is 3.42. The van der Waals surface area contributed by atoms with Gasteiger partial charge in [0.1, 0.15) is 5.76 Å². The van der Waals surface area contributed by atoms with Gasteiger partial charge in [0, 0.05) is 19.1 Å². The minimum atomic E-state index is -0.592. The monoisotopic (exact) mass is 294 g/mol. The molecule has 3 amide bonds. The van der Waals surface area contributed by atoms with Gasteiger partial charge in [-0.2, -0.15) is 0 Å². The van der Waals surface area contributed by atoms with E-state index in [9.17, 15) is 14.4 Å². The van der Waals surface area contributed by atoms with Crippen molar-refractivity contribution in [2.24, 2.45) is 5.84 Å². The van der Waals surface area contributed by atoms with Crippen LogP contribution in [0.1, 0.15) is 30.0 Å². The van der Waals surface area contributed by atoms with Gasteiger partial charge in [0.05, 0.1) is 18.4 Å². The van der Waals surface area contributed by atoms with Gasteiger partial charge in [-0.1, -0.05) is 0 Å². The van der Waals surface area contributed by atoms with Gasteiger partial charge in [-0.05, 0) is 19.9 Å². The van der Waals surface area contributed by atoms with Crippen molar-refractivity contribution < 1.29 is 18.8 Å². The molecule has 3 N–H and O–H groups in total. The molecule has 0 atom stereocenters. The number of nitrogen functional groups attached to an aromatic ring is 1.